The maximum absolute atomic E-state index is 13.2. The minimum atomic E-state index is -0.716. The van der Waals surface area contributed by atoms with Gasteiger partial charge < -0.3 is 19.6 Å². The van der Waals surface area contributed by atoms with Crippen LogP contribution < -0.4 is 4.90 Å². The summed E-state index contributed by atoms with van der Waals surface area (Å²) >= 11 is 0. The molecule has 1 spiro atoms. The second-order valence-corrected chi connectivity index (χ2v) is 10.0. The summed E-state index contributed by atoms with van der Waals surface area (Å²) in [6, 6.07) is 13.7. The van der Waals surface area contributed by atoms with E-state index in [4.69, 9.17) is 4.74 Å². The van der Waals surface area contributed by atoms with Crippen molar-refractivity contribution < 1.29 is 16.1 Å². The summed E-state index contributed by atoms with van der Waals surface area (Å²) in [5.41, 5.74) is 0.683. The molecule has 6 heteroatoms. The van der Waals surface area contributed by atoms with Crippen LogP contribution in [0.15, 0.2) is 48.7 Å². The van der Waals surface area contributed by atoms with Crippen LogP contribution in [0.1, 0.15) is 69.2 Å². The predicted octanol–water partition coefficient (Wildman–Crippen LogP) is 4.38. The maximum atomic E-state index is 13.2. The summed E-state index contributed by atoms with van der Waals surface area (Å²) in [6.07, 6.45) is 8.38. The van der Waals surface area contributed by atoms with E-state index in [0.717, 1.165) is 69.4 Å². The summed E-state index contributed by atoms with van der Waals surface area (Å²) < 4.78 is 6.60. The second kappa shape index (κ2) is 9.07. The Hall–Kier alpha value is -2.44. The van der Waals surface area contributed by atoms with E-state index >= 15 is 0 Å². The first-order valence-electron chi connectivity index (χ1n) is 12.5. The van der Waals surface area contributed by atoms with Crippen molar-refractivity contribution in [3.8, 4) is 0 Å². The van der Waals surface area contributed by atoms with Crippen LogP contribution in [0.5, 0.6) is 0 Å². The number of carbonyl (C=O) groups is 1. The van der Waals surface area contributed by atoms with Crippen molar-refractivity contribution in [1.82, 2.24) is 9.88 Å². The number of piperidine rings is 1. The molecule has 3 fully saturated rings. The molecule has 2 aliphatic heterocycles. The van der Waals surface area contributed by atoms with Crippen LogP contribution >= 0.6 is 0 Å². The smallest absolute Gasteiger partial charge is 0.253 e. The summed E-state index contributed by atoms with van der Waals surface area (Å²) in [7, 11) is 0. The van der Waals surface area contributed by atoms with Crippen LogP contribution in [0.2, 0.25) is 0 Å². The van der Waals surface area contributed by atoms with Gasteiger partial charge in [-0.25, -0.2) is 4.98 Å². The number of aromatic nitrogens is 1. The minimum Gasteiger partial charge on any atom is -0.385 e. The van der Waals surface area contributed by atoms with Crippen LogP contribution in [0.4, 0.5) is 5.82 Å². The van der Waals surface area contributed by atoms with Gasteiger partial charge in [0.15, 0.2) is 0 Å². The van der Waals surface area contributed by atoms with Gasteiger partial charge in [-0.3, -0.25) is 4.79 Å². The first-order chi connectivity index (χ1) is 16.0. The largest absolute Gasteiger partial charge is 0.385 e. The van der Waals surface area contributed by atoms with Crippen LogP contribution in [-0.4, -0.2) is 58.8 Å². The normalized spacial score (nSPS) is 24.2. The van der Waals surface area contributed by atoms with Crippen molar-refractivity contribution >= 4 is 11.7 Å². The third kappa shape index (κ3) is 4.51. The number of hydrogen-bond acceptors (Lipinski definition) is 5. The van der Waals surface area contributed by atoms with E-state index in [9.17, 15) is 9.90 Å². The first-order valence-corrected chi connectivity index (χ1v) is 12.5. The number of likely N-dealkylation sites (tertiary alicyclic amines) is 1. The molecule has 1 aliphatic carbocycles. The van der Waals surface area contributed by atoms with Gasteiger partial charge in [0, 0.05) is 39.4 Å². The fourth-order valence-electron chi connectivity index (χ4n) is 5.76. The second-order valence-electron chi connectivity index (χ2n) is 10.0. The molecule has 178 valence electrons. The lowest BCUT2D eigenvalue weighted by Crippen LogP contribution is -2.60. The first kappa shape index (κ1) is 22.4. The number of pyridine rings is 1. The summed E-state index contributed by atoms with van der Waals surface area (Å²) in [5, 5.41) is 10.8. The molecule has 5 rings (SSSR count). The van der Waals surface area contributed by atoms with E-state index in [-0.39, 0.29) is 19.0 Å². The molecular formula is C27H37N3O3. The van der Waals surface area contributed by atoms with Crippen LogP contribution in [-0.2, 0) is 10.3 Å². The fourth-order valence-corrected chi connectivity index (χ4v) is 5.76. The molecule has 1 atom stereocenters. The molecular weight excluding hydrogens is 414 g/mol. The molecule has 1 unspecified atom stereocenters. The average Bonchev–Trinajstić information content (AvgIpc) is 3.32. The highest BCUT2D eigenvalue weighted by molar-refractivity contribution is 5.94. The molecule has 3 aliphatic rings. The standard InChI is InChI=1S/C27H35N3O3.H2/c1-2-23-19-30(24-7-3-6-16-28-24)20-26(33-23)14-17-29(18-15-26)25(31)21-8-10-22(11-9-21)27(32)12-4-5-13-27;/h3,6-11,16,23,32H,2,4-5,12-15,17-20H2,1H3;1H. The highest BCUT2D eigenvalue weighted by atomic mass is 16.5. The van der Waals surface area contributed by atoms with E-state index in [1.807, 2.05) is 47.5 Å². The van der Waals surface area contributed by atoms with Gasteiger partial charge in [0.2, 0.25) is 0 Å². The number of ether oxygens (including phenoxy) is 1. The zero-order chi connectivity index (χ0) is 22.9. The fraction of sp³-hybridized carbons (Fsp3) is 0.556. The number of benzene rings is 1. The van der Waals surface area contributed by atoms with Gasteiger partial charge >= 0.3 is 0 Å². The van der Waals surface area contributed by atoms with Crippen LogP contribution in [0, 0.1) is 0 Å². The number of carbonyl (C=O) groups excluding carboxylic acids is 1. The van der Waals surface area contributed by atoms with Gasteiger partial charge in [0.25, 0.3) is 5.91 Å². The Morgan fingerprint density at radius 2 is 1.85 bits per heavy atom. The predicted molar refractivity (Wildman–Crippen MR) is 130 cm³/mol. The molecule has 1 aromatic heterocycles. The lowest BCUT2D eigenvalue weighted by molar-refractivity contribution is -0.130. The number of nitrogens with zero attached hydrogens (tertiary/aromatic N) is 3. The number of rotatable bonds is 4. The summed E-state index contributed by atoms with van der Waals surface area (Å²) in [5.74, 6) is 1.07. The van der Waals surface area contributed by atoms with Gasteiger partial charge in [0.1, 0.15) is 5.82 Å². The molecule has 1 saturated carbocycles. The Balaban J connectivity index is 0.00000274. The van der Waals surface area contributed by atoms with Crippen molar-refractivity contribution in [2.75, 3.05) is 31.1 Å². The van der Waals surface area contributed by atoms with Crippen molar-refractivity contribution in [3.63, 3.8) is 0 Å². The summed E-state index contributed by atoms with van der Waals surface area (Å²) in [6.45, 7) is 5.23. The van der Waals surface area contributed by atoms with E-state index in [1.165, 1.54) is 0 Å². The number of amides is 1. The van der Waals surface area contributed by atoms with Crippen molar-refractivity contribution in [2.45, 2.75) is 69.2 Å². The van der Waals surface area contributed by atoms with Gasteiger partial charge in [-0.05, 0) is 61.9 Å². The number of anilines is 1. The number of aliphatic hydroxyl groups is 1. The lowest BCUT2D eigenvalue weighted by Gasteiger charge is -2.50. The van der Waals surface area contributed by atoms with Gasteiger partial charge in [-0.2, -0.15) is 0 Å². The molecule has 1 N–H and O–H groups in total. The van der Waals surface area contributed by atoms with Gasteiger partial charge in [-0.1, -0.05) is 38.0 Å². The molecule has 2 saturated heterocycles. The summed E-state index contributed by atoms with van der Waals surface area (Å²) in [4.78, 5) is 22.1. The molecule has 6 nitrogen and oxygen atoms in total. The van der Waals surface area contributed by atoms with E-state index in [0.29, 0.717) is 18.7 Å². The van der Waals surface area contributed by atoms with Crippen molar-refractivity contribution in [1.29, 1.82) is 0 Å². The number of hydrogen-bond donors (Lipinski definition) is 1. The molecule has 1 amide bonds. The SMILES string of the molecule is CCC1CN(c2ccccn2)CC2(CCN(C(=O)c3ccc(C4(O)CCCC4)cc3)CC2)O1.[HH]. The van der Waals surface area contributed by atoms with Crippen molar-refractivity contribution in [2.24, 2.45) is 0 Å². The maximum Gasteiger partial charge on any atom is 0.253 e. The highest BCUT2D eigenvalue weighted by Crippen LogP contribution is 2.39. The topological polar surface area (TPSA) is 65.9 Å². The third-order valence-corrected chi connectivity index (χ3v) is 7.81. The Labute approximate surface area is 198 Å². The van der Waals surface area contributed by atoms with Crippen LogP contribution in [0.25, 0.3) is 0 Å². The minimum absolute atomic E-state index is 0. The highest BCUT2D eigenvalue weighted by Gasteiger charge is 2.44. The third-order valence-electron chi connectivity index (χ3n) is 7.81. The molecule has 3 heterocycles. The number of morpholine rings is 1. The quantitative estimate of drug-likeness (QED) is 0.747. The zero-order valence-corrected chi connectivity index (χ0v) is 19.6. The van der Waals surface area contributed by atoms with E-state index in [2.05, 4.69) is 22.9 Å². The van der Waals surface area contributed by atoms with Gasteiger partial charge in [-0.15, -0.1) is 0 Å². The monoisotopic (exact) mass is 451 g/mol. The molecule has 0 bridgehead atoms. The van der Waals surface area contributed by atoms with E-state index < -0.39 is 5.60 Å². The zero-order valence-electron chi connectivity index (χ0n) is 19.6. The molecule has 33 heavy (non-hydrogen) atoms. The Morgan fingerprint density at radius 1 is 1.12 bits per heavy atom. The molecule has 1 aromatic carbocycles. The Bertz CT molecular complexity index is 955. The Kier molecular flexibility index (Phi) is 6.14. The average molecular weight is 452 g/mol. The Morgan fingerprint density at radius 3 is 2.48 bits per heavy atom. The van der Waals surface area contributed by atoms with Gasteiger partial charge in [0.05, 0.1) is 17.3 Å². The molecule has 0 radical (unpaired) electrons. The van der Waals surface area contributed by atoms with Crippen molar-refractivity contribution in [3.05, 3.63) is 59.8 Å². The molecule has 2 aromatic rings. The lowest BCUT2D eigenvalue weighted by atomic mass is 9.87. The van der Waals surface area contributed by atoms with E-state index in [1.54, 1.807) is 0 Å². The van der Waals surface area contributed by atoms with Crippen LogP contribution in [0.3, 0.4) is 0 Å².